The molecule has 24 heavy (non-hydrogen) atoms. The molecule has 1 atom stereocenters. The van der Waals surface area contributed by atoms with Crippen LogP contribution in [-0.2, 0) is 32.0 Å². The first-order valence-corrected chi connectivity index (χ1v) is 8.63. The maximum Gasteiger partial charge on any atom is 0.341 e. The number of nitrogens with zero attached hydrogens (tertiary/aromatic N) is 1. The van der Waals surface area contributed by atoms with Crippen molar-refractivity contribution in [1.29, 1.82) is 0 Å². The van der Waals surface area contributed by atoms with Crippen molar-refractivity contribution in [3.8, 4) is 0 Å². The molecule has 0 bridgehead atoms. The molecule has 2 rings (SSSR count). The van der Waals surface area contributed by atoms with Crippen LogP contribution in [0.5, 0.6) is 0 Å². The van der Waals surface area contributed by atoms with Crippen molar-refractivity contribution in [3.63, 3.8) is 0 Å². The Balaban J connectivity index is 2.29. The number of thiophene rings is 1. The molecular formula is C16H22N2O5S. The molecule has 8 heteroatoms. The summed E-state index contributed by atoms with van der Waals surface area (Å²) in [5.74, 6) is -1.44. The van der Waals surface area contributed by atoms with Gasteiger partial charge in [0.15, 0.2) is 6.10 Å². The summed E-state index contributed by atoms with van der Waals surface area (Å²) >= 11 is 1.37. The average molecular weight is 354 g/mol. The Kier molecular flexibility index (Phi) is 5.95. The Morgan fingerprint density at radius 3 is 2.71 bits per heavy atom. The van der Waals surface area contributed by atoms with Crippen molar-refractivity contribution in [3.05, 3.63) is 16.0 Å². The number of likely N-dealkylation sites (N-methyl/N-ethyl adjacent to an activating group) is 1. The molecule has 1 aromatic rings. The van der Waals surface area contributed by atoms with Gasteiger partial charge in [0.2, 0.25) is 0 Å². The highest BCUT2D eigenvalue weighted by atomic mass is 32.1. The Morgan fingerprint density at radius 1 is 1.38 bits per heavy atom. The maximum absolute atomic E-state index is 12.3. The van der Waals surface area contributed by atoms with E-state index in [-0.39, 0.29) is 6.61 Å². The number of hydrogen-bond acceptors (Lipinski definition) is 7. The predicted molar refractivity (Wildman–Crippen MR) is 90.2 cm³/mol. The van der Waals surface area contributed by atoms with Gasteiger partial charge in [-0.25, -0.2) is 4.79 Å². The number of amides is 1. The van der Waals surface area contributed by atoms with Gasteiger partial charge in [-0.05, 0) is 32.9 Å². The monoisotopic (exact) mass is 354 g/mol. The van der Waals surface area contributed by atoms with Crippen LogP contribution in [0.2, 0.25) is 0 Å². The number of esters is 2. The fourth-order valence-electron chi connectivity index (χ4n) is 2.55. The molecule has 1 N–H and O–H groups in total. The third-order valence-corrected chi connectivity index (χ3v) is 4.81. The molecular weight excluding hydrogens is 332 g/mol. The Bertz CT molecular complexity index is 655. The van der Waals surface area contributed by atoms with Gasteiger partial charge in [-0.15, -0.1) is 11.3 Å². The number of rotatable bonds is 5. The van der Waals surface area contributed by atoms with Gasteiger partial charge in [0.05, 0.1) is 12.2 Å². The molecule has 0 radical (unpaired) electrons. The van der Waals surface area contributed by atoms with Gasteiger partial charge < -0.3 is 19.7 Å². The highest BCUT2D eigenvalue weighted by Gasteiger charge is 2.29. The van der Waals surface area contributed by atoms with Crippen LogP contribution in [0.15, 0.2) is 0 Å². The van der Waals surface area contributed by atoms with Crippen LogP contribution in [0.25, 0.3) is 0 Å². The quantitative estimate of drug-likeness (QED) is 0.812. The van der Waals surface area contributed by atoms with Crippen molar-refractivity contribution in [2.45, 2.75) is 39.8 Å². The summed E-state index contributed by atoms with van der Waals surface area (Å²) in [6.45, 7) is 6.30. The first-order chi connectivity index (χ1) is 11.3. The lowest BCUT2D eigenvalue weighted by molar-refractivity contribution is -0.150. The normalized spacial score (nSPS) is 15.3. The summed E-state index contributed by atoms with van der Waals surface area (Å²) in [6.07, 6.45) is -0.203. The van der Waals surface area contributed by atoms with Gasteiger partial charge in [0, 0.05) is 24.9 Å². The molecule has 1 aromatic heterocycles. The second-order valence-electron chi connectivity index (χ2n) is 5.66. The number of carbonyl (C=O) groups excluding carboxylic acids is 3. The van der Waals surface area contributed by atoms with Crippen LogP contribution in [0, 0.1) is 0 Å². The zero-order valence-corrected chi connectivity index (χ0v) is 15.1. The predicted octanol–water partition coefficient (Wildman–Crippen LogP) is 1.80. The highest BCUT2D eigenvalue weighted by molar-refractivity contribution is 7.17. The first-order valence-electron chi connectivity index (χ1n) is 7.81. The molecule has 7 nitrogen and oxygen atoms in total. The smallest absolute Gasteiger partial charge is 0.341 e. The van der Waals surface area contributed by atoms with Crippen molar-refractivity contribution in [2.24, 2.45) is 0 Å². The van der Waals surface area contributed by atoms with Gasteiger partial charge in [0.25, 0.3) is 5.91 Å². The van der Waals surface area contributed by atoms with E-state index < -0.39 is 23.9 Å². The number of fused-ring (bicyclic) bond motifs is 1. The molecule has 0 spiro atoms. The van der Waals surface area contributed by atoms with E-state index in [2.05, 4.69) is 10.2 Å². The summed E-state index contributed by atoms with van der Waals surface area (Å²) in [4.78, 5) is 38.7. The molecule has 2 heterocycles. The number of ether oxygens (including phenoxy) is 2. The molecule has 132 valence electrons. The Labute approximate surface area is 144 Å². The van der Waals surface area contributed by atoms with Gasteiger partial charge in [-0.1, -0.05) is 0 Å². The van der Waals surface area contributed by atoms with E-state index in [9.17, 15) is 14.4 Å². The molecule has 0 fully saturated rings. The van der Waals surface area contributed by atoms with Gasteiger partial charge in [0.1, 0.15) is 5.00 Å². The lowest BCUT2D eigenvalue weighted by Crippen LogP contribution is -2.29. The standard InChI is InChI=1S/C16H22N2O5S/c1-5-22-16(21)13-11-6-7-18(4)8-12(11)24-15(13)17-14(20)9(2)23-10(3)19/h9H,5-8H2,1-4H3,(H,17,20)/t9-/m0/s1. The van der Waals surface area contributed by atoms with Crippen molar-refractivity contribution in [1.82, 2.24) is 4.90 Å². The van der Waals surface area contributed by atoms with Crippen LogP contribution in [0.3, 0.4) is 0 Å². The molecule has 0 saturated carbocycles. The van der Waals surface area contributed by atoms with Gasteiger partial charge in [-0.2, -0.15) is 0 Å². The summed E-state index contributed by atoms with van der Waals surface area (Å²) in [7, 11) is 2.01. The molecule has 0 aliphatic carbocycles. The van der Waals surface area contributed by atoms with E-state index in [1.165, 1.54) is 25.2 Å². The lowest BCUT2D eigenvalue weighted by Gasteiger charge is -2.22. The summed E-state index contributed by atoms with van der Waals surface area (Å²) in [6, 6.07) is 0. The van der Waals surface area contributed by atoms with E-state index in [0.29, 0.717) is 10.6 Å². The Morgan fingerprint density at radius 2 is 2.08 bits per heavy atom. The van der Waals surface area contributed by atoms with E-state index in [4.69, 9.17) is 9.47 Å². The van der Waals surface area contributed by atoms with Crippen LogP contribution < -0.4 is 5.32 Å². The van der Waals surface area contributed by atoms with Crippen molar-refractivity contribution < 1.29 is 23.9 Å². The van der Waals surface area contributed by atoms with Crippen LogP contribution in [0.4, 0.5) is 5.00 Å². The summed E-state index contributed by atoms with van der Waals surface area (Å²) in [5.41, 5.74) is 1.36. The third-order valence-electron chi connectivity index (χ3n) is 3.68. The highest BCUT2D eigenvalue weighted by Crippen LogP contribution is 2.37. The van der Waals surface area contributed by atoms with Crippen LogP contribution >= 0.6 is 11.3 Å². The minimum Gasteiger partial charge on any atom is -0.462 e. The van der Waals surface area contributed by atoms with E-state index in [1.54, 1.807) is 6.92 Å². The molecule has 1 amide bonds. The fourth-order valence-corrected chi connectivity index (χ4v) is 3.87. The number of carbonyl (C=O) groups is 3. The SMILES string of the molecule is CCOC(=O)c1c(NC(=O)[C@H](C)OC(C)=O)sc2c1CCN(C)C2. The van der Waals surface area contributed by atoms with E-state index >= 15 is 0 Å². The summed E-state index contributed by atoms with van der Waals surface area (Å²) < 4.78 is 10.0. The fraction of sp³-hybridized carbons (Fsp3) is 0.562. The lowest BCUT2D eigenvalue weighted by atomic mass is 10.0. The Hall–Kier alpha value is -1.93. The topological polar surface area (TPSA) is 84.9 Å². The van der Waals surface area contributed by atoms with Gasteiger partial charge >= 0.3 is 11.9 Å². The van der Waals surface area contributed by atoms with Gasteiger partial charge in [-0.3, -0.25) is 9.59 Å². The maximum atomic E-state index is 12.3. The van der Waals surface area contributed by atoms with Crippen LogP contribution in [-0.4, -0.2) is 49.0 Å². The molecule has 0 unspecified atom stereocenters. The van der Waals surface area contributed by atoms with E-state index in [1.807, 2.05) is 7.05 Å². The number of anilines is 1. The molecule has 0 saturated heterocycles. The zero-order valence-electron chi connectivity index (χ0n) is 14.3. The van der Waals surface area contributed by atoms with Crippen molar-refractivity contribution in [2.75, 3.05) is 25.5 Å². The number of nitrogens with one attached hydrogen (secondary N) is 1. The second kappa shape index (κ2) is 7.76. The first kappa shape index (κ1) is 18.4. The largest absolute Gasteiger partial charge is 0.462 e. The molecule has 0 aromatic carbocycles. The number of hydrogen-bond donors (Lipinski definition) is 1. The zero-order chi connectivity index (χ0) is 17.9. The minimum absolute atomic E-state index is 0.264. The summed E-state index contributed by atoms with van der Waals surface area (Å²) in [5, 5.41) is 3.17. The molecule has 1 aliphatic heterocycles. The average Bonchev–Trinajstić information content (AvgIpc) is 2.83. The minimum atomic E-state index is -0.931. The third kappa shape index (κ3) is 4.12. The van der Waals surface area contributed by atoms with E-state index in [0.717, 1.165) is 30.0 Å². The van der Waals surface area contributed by atoms with Crippen molar-refractivity contribution >= 4 is 34.2 Å². The molecule has 1 aliphatic rings. The second-order valence-corrected chi connectivity index (χ2v) is 6.76. The van der Waals surface area contributed by atoms with Crippen LogP contribution in [0.1, 0.15) is 41.6 Å².